The highest BCUT2D eigenvalue weighted by Crippen LogP contribution is 2.39. The summed E-state index contributed by atoms with van der Waals surface area (Å²) in [4.78, 5) is 43.6. The van der Waals surface area contributed by atoms with Crippen molar-refractivity contribution in [1.29, 1.82) is 0 Å². The van der Waals surface area contributed by atoms with Crippen molar-refractivity contribution in [3.63, 3.8) is 0 Å². The number of ether oxygens (including phenoxy) is 1. The van der Waals surface area contributed by atoms with Gasteiger partial charge in [-0.05, 0) is 108 Å². The van der Waals surface area contributed by atoms with Gasteiger partial charge in [0, 0.05) is 17.8 Å². The van der Waals surface area contributed by atoms with Crippen LogP contribution < -0.4 is 11.1 Å². The van der Waals surface area contributed by atoms with Gasteiger partial charge in [-0.3, -0.25) is 14.6 Å². The number of urea groups is 1. The fourth-order valence-electron chi connectivity index (χ4n) is 5.63. The van der Waals surface area contributed by atoms with E-state index in [0.717, 1.165) is 30.9 Å². The van der Waals surface area contributed by atoms with Crippen LogP contribution in [0.2, 0.25) is 0 Å². The molecule has 0 radical (unpaired) electrons. The number of aromatic hydroxyl groups is 1. The molecule has 222 valence electrons. The molecule has 4 rings (SSSR count). The number of phenolic OH excluding ortho intramolecular Hbond substituents is 1. The number of nitrogens with one attached hydrogen (secondary N) is 1. The van der Waals surface area contributed by atoms with Crippen molar-refractivity contribution in [3.8, 4) is 5.75 Å². The van der Waals surface area contributed by atoms with Crippen molar-refractivity contribution in [1.82, 2.24) is 9.80 Å². The van der Waals surface area contributed by atoms with E-state index in [0.29, 0.717) is 24.2 Å². The van der Waals surface area contributed by atoms with Crippen LogP contribution in [0.5, 0.6) is 5.75 Å². The number of rotatable bonds is 10. The lowest BCUT2D eigenvalue weighted by Crippen LogP contribution is -2.60. The number of nitrogens with zero attached hydrogens (tertiary/aromatic N) is 2. The second-order valence-corrected chi connectivity index (χ2v) is 12.3. The van der Waals surface area contributed by atoms with Gasteiger partial charge in [0.25, 0.3) is 0 Å². The van der Waals surface area contributed by atoms with E-state index in [1.165, 1.54) is 17.7 Å². The average Bonchev–Trinajstić information content (AvgIpc) is 3.73. The fourth-order valence-corrected chi connectivity index (χ4v) is 5.63. The Morgan fingerprint density at radius 1 is 1.07 bits per heavy atom. The molecule has 0 bridgehead atoms. The molecule has 9 nitrogen and oxygen atoms in total. The van der Waals surface area contributed by atoms with Gasteiger partial charge >= 0.3 is 12.0 Å². The average molecular weight is 565 g/mol. The van der Waals surface area contributed by atoms with Crippen molar-refractivity contribution in [2.24, 2.45) is 11.7 Å². The molecule has 1 saturated carbocycles. The molecule has 4 N–H and O–H groups in total. The van der Waals surface area contributed by atoms with E-state index >= 15 is 0 Å². The minimum atomic E-state index is -0.937. The maximum Gasteiger partial charge on any atom is 0.338 e. The lowest BCUT2D eigenvalue weighted by atomic mass is 9.91. The first kappa shape index (κ1) is 30.5. The van der Waals surface area contributed by atoms with Crippen molar-refractivity contribution < 1.29 is 24.2 Å². The molecule has 0 unspecified atom stereocenters. The number of hydrogen-bond acceptors (Lipinski definition) is 7. The summed E-state index contributed by atoms with van der Waals surface area (Å²) >= 11 is 0. The summed E-state index contributed by atoms with van der Waals surface area (Å²) in [5.41, 5.74) is 8.02. The van der Waals surface area contributed by atoms with E-state index in [1.807, 2.05) is 0 Å². The molecule has 2 atom stereocenters. The molecule has 41 heavy (non-hydrogen) atoms. The van der Waals surface area contributed by atoms with Crippen LogP contribution in [0.15, 0.2) is 48.5 Å². The van der Waals surface area contributed by atoms with Crippen LogP contribution in [-0.4, -0.2) is 69.6 Å². The van der Waals surface area contributed by atoms with Crippen LogP contribution in [0.4, 0.5) is 10.5 Å². The number of phenols is 1. The zero-order valence-corrected chi connectivity index (χ0v) is 24.6. The number of amides is 3. The minimum absolute atomic E-state index is 0.0282. The summed E-state index contributed by atoms with van der Waals surface area (Å²) < 4.78 is 5.24. The predicted molar refractivity (Wildman–Crippen MR) is 159 cm³/mol. The first-order valence-corrected chi connectivity index (χ1v) is 14.7. The molecule has 0 spiro atoms. The van der Waals surface area contributed by atoms with E-state index in [4.69, 9.17) is 10.5 Å². The van der Waals surface area contributed by atoms with Gasteiger partial charge < -0.3 is 20.9 Å². The number of carbonyl (C=O) groups is 3. The number of hydrogen-bond donors (Lipinski definition) is 3. The van der Waals surface area contributed by atoms with Crippen molar-refractivity contribution in [2.45, 2.75) is 89.9 Å². The second-order valence-electron chi connectivity index (χ2n) is 12.3. The Bertz CT molecular complexity index is 1210. The number of likely N-dealkylation sites (tertiary alicyclic amines) is 1. The Kier molecular flexibility index (Phi) is 9.71. The molecular formula is C32H44N4O5. The highest BCUT2D eigenvalue weighted by Gasteiger charge is 2.41. The van der Waals surface area contributed by atoms with Gasteiger partial charge in [0.15, 0.2) is 0 Å². The van der Waals surface area contributed by atoms with Crippen LogP contribution >= 0.6 is 0 Å². The Balaban J connectivity index is 1.53. The number of esters is 1. The zero-order chi connectivity index (χ0) is 29.7. The number of imide groups is 1. The van der Waals surface area contributed by atoms with Crippen LogP contribution in [0.25, 0.3) is 0 Å². The van der Waals surface area contributed by atoms with Gasteiger partial charge in [0.2, 0.25) is 5.91 Å². The Morgan fingerprint density at radius 2 is 1.73 bits per heavy atom. The predicted octanol–water partition coefficient (Wildman–Crippen LogP) is 4.93. The molecule has 9 heteroatoms. The van der Waals surface area contributed by atoms with Crippen LogP contribution in [0, 0.1) is 5.92 Å². The third kappa shape index (κ3) is 8.30. The summed E-state index contributed by atoms with van der Waals surface area (Å²) in [5, 5.41) is 12.5. The summed E-state index contributed by atoms with van der Waals surface area (Å²) in [7, 11) is 0. The molecule has 1 saturated heterocycles. The van der Waals surface area contributed by atoms with Crippen molar-refractivity contribution in [2.75, 3.05) is 18.4 Å². The van der Waals surface area contributed by atoms with Crippen molar-refractivity contribution in [3.05, 3.63) is 59.7 Å². The zero-order valence-electron chi connectivity index (χ0n) is 24.6. The topological polar surface area (TPSA) is 125 Å². The lowest BCUT2D eigenvalue weighted by Gasteiger charge is -2.46. The van der Waals surface area contributed by atoms with Crippen LogP contribution in [-0.2, 0) is 16.0 Å². The number of anilines is 1. The first-order valence-electron chi connectivity index (χ1n) is 14.7. The monoisotopic (exact) mass is 564 g/mol. The van der Waals surface area contributed by atoms with E-state index in [9.17, 15) is 19.5 Å². The van der Waals surface area contributed by atoms with Gasteiger partial charge in [0.05, 0.1) is 23.8 Å². The quantitative estimate of drug-likeness (QED) is 0.349. The molecule has 2 aromatic carbocycles. The Morgan fingerprint density at radius 3 is 2.34 bits per heavy atom. The molecule has 1 heterocycles. The molecule has 2 fully saturated rings. The molecule has 3 amide bonds. The molecule has 1 aliphatic heterocycles. The minimum Gasteiger partial charge on any atom is -0.508 e. The molecule has 1 aliphatic carbocycles. The maximum atomic E-state index is 13.8. The van der Waals surface area contributed by atoms with E-state index in [1.54, 1.807) is 62.4 Å². The summed E-state index contributed by atoms with van der Waals surface area (Å²) in [5.74, 6) is 0.00531. The summed E-state index contributed by atoms with van der Waals surface area (Å²) in [6.07, 6.45) is 5.21. The van der Waals surface area contributed by atoms with Gasteiger partial charge in [0.1, 0.15) is 5.75 Å². The standard InChI is InChI=1S/C32H44N4O5/c1-21(2)41-30(39)24-11-13-25(14-12-24)34-31(40)36(29(38)28(33)18-22-9-15-27(37)16-10-22)26-6-5-17-35(20-26)32(3,4)19-23-7-8-23/h9-16,21,23,26,28,37H,5-8,17-20,33H2,1-4H3,(H,34,40)/t26-,28-/m0/s1. The van der Waals surface area contributed by atoms with Gasteiger partial charge in [-0.1, -0.05) is 25.0 Å². The van der Waals surface area contributed by atoms with Crippen molar-refractivity contribution >= 4 is 23.6 Å². The largest absolute Gasteiger partial charge is 0.508 e. The van der Waals surface area contributed by atoms with Crippen LogP contribution in [0.1, 0.15) is 75.7 Å². The number of piperidine rings is 1. The van der Waals surface area contributed by atoms with E-state index < -0.39 is 23.9 Å². The lowest BCUT2D eigenvalue weighted by molar-refractivity contribution is -0.132. The Labute approximate surface area is 243 Å². The fraction of sp³-hybridized carbons (Fsp3) is 0.531. The van der Waals surface area contributed by atoms with Gasteiger partial charge in [-0.2, -0.15) is 0 Å². The van der Waals surface area contributed by atoms with Gasteiger partial charge in [-0.15, -0.1) is 0 Å². The van der Waals surface area contributed by atoms with Gasteiger partial charge in [-0.25, -0.2) is 9.59 Å². The molecular weight excluding hydrogens is 520 g/mol. The summed E-state index contributed by atoms with van der Waals surface area (Å²) in [6.45, 7) is 9.58. The smallest absolute Gasteiger partial charge is 0.338 e. The number of benzene rings is 2. The van der Waals surface area contributed by atoms with E-state index in [2.05, 4.69) is 24.1 Å². The SMILES string of the molecule is CC(C)OC(=O)c1ccc(NC(=O)N(C(=O)[C@@H](N)Cc2ccc(O)cc2)[C@H]2CCCN(C(C)(C)CC3CC3)C2)cc1. The third-order valence-corrected chi connectivity index (χ3v) is 7.98. The molecule has 2 aromatic rings. The third-order valence-electron chi connectivity index (χ3n) is 7.98. The summed E-state index contributed by atoms with van der Waals surface area (Å²) in [6, 6.07) is 11.2. The molecule has 2 aliphatic rings. The highest BCUT2D eigenvalue weighted by atomic mass is 16.5. The Hall–Kier alpha value is -3.43. The van der Waals surface area contributed by atoms with Crippen LogP contribution in [0.3, 0.4) is 0 Å². The maximum absolute atomic E-state index is 13.8. The molecule has 0 aromatic heterocycles. The first-order chi connectivity index (χ1) is 19.4. The number of carbonyl (C=O) groups excluding carboxylic acids is 3. The van der Waals surface area contributed by atoms with E-state index in [-0.39, 0.29) is 29.9 Å². The normalized spacial score (nSPS) is 18.5. The highest BCUT2D eigenvalue weighted by molar-refractivity contribution is 6.03. The number of nitrogens with two attached hydrogens (primary N) is 1. The second kappa shape index (κ2) is 13.0.